The van der Waals surface area contributed by atoms with E-state index in [9.17, 15) is 4.79 Å². The molecule has 0 fully saturated rings. The monoisotopic (exact) mass is 334 g/mol. The van der Waals surface area contributed by atoms with Gasteiger partial charge in [-0.05, 0) is 30.9 Å². The molecule has 0 N–H and O–H groups in total. The molecule has 3 nitrogen and oxygen atoms in total. The number of carbonyl (C=O) groups excluding carboxylic acids is 1. The molecule has 1 atom stereocenters. The summed E-state index contributed by atoms with van der Waals surface area (Å²) < 4.78 is 0. The number of hydrogen-bond donors (Lipinski definition) is 0. The van der Waals surface area contributed by atoms with E-state index in [1.165, 1.54) is 31.0 Å². The number of hydrogen-bond acceptors (Lipinski definition) is 3. The highest BCUT2D eigenvalue weighted by atomic mass is 16.1. The van der Waals surface area contributed by atoms with Crippen molar-refractivity contribution in [2.45, 2.75) is 86.5 Å². The fraction of sp³-hybridized carbons (Fsp3) is 0.667. The third-order valence-electron chi connectivity index (χ3n) is 3.49. The van der Waals surface area contributed by atoms with E-state index in [1.807, 2.05) is 33.0 Å². The normalized spacial score (nSPS) is 10.6. The molecule has 138 valence electrons. The molecule has 1 rings (SSSR count). The summed E-state index contributed by atoms with van der Waals surface area (Å²) in [4.78, 5) is 19.0. The van der Waals surface area contributed by atoms with Gasteiger partial charge < -0.3 is 0 Å². The van der Waals surface area contributed by atoms with E-state index in [-0.39, 0.29) is 5.78 Å². The summed E-state index contributed by atoms with van der Waals surface area (Å²) in [6.07, 6.45) is 10.9. The predicted molar refractivity (Wildman–Crippen MR) is 105 cm³/mol. The summed E-state index contributed by atoms with van der Waals surface area (Å²) in [5.41, 5.74) is 1.19. The Labute approximate surface area is 150 Å². The van der Waals surface area contributed by atoms with Gasteiger partial charge in [-0.2, -0.15) is 0 Å². The average molecular weight is 335 g/mol. The van der Waals surface area contributed by atoms with Crippen molar-refractivity contribution in [1.29, 1.82) is 0 Å². The Morgan fingerprint density at radius 2 is 1.83 bits per heavy atom. The van der Waals surface area contributed by atoms with E-state index in [0.29, 0.717) is 6.42 Å². The summed E-state index contributed by atoms with van der Waals surface area (Å²) in [6.45, 7) is 15.8. The Morgan fingerprint density at radius 3 is 2.29 bits per heavy atom. The predicted octanol–water partition coefficient (Wildman–Crippen LogP) is 5.98. The van der Waals surface area contributed by atoms with E-state index >= 15 is 0 Å². The van der Waals surface area contributed by atoms with Gasteiger partial charge in [0.2, 0.25) is 0 Å². The lowest BCUT2D eigenvalue weighted by Crippen LogP contribution is -2.02. The zero-order chi connectivity index (χ0) is 18.8. The maximum atomic E-state index is 10.1. The van der Waals surface area contributed by atoms with E-state index in [2.05, 4.69) is 37.3 Å². The number of allylic oxidation sites excluding steroid dienone is 1. The van der Waals surface area contributed by atoms with E-state index in [4.69, 9.17) is 0 Å². The van der Waals surface area contributed by atoms with Crippen LogP contribution in [0.3, 0.4) is 0 Å². The Bertz CT molecular complexity index is 430. The van der Waals surface area contributed by atoms with Gasteiger partial charge in [-0.1, -0.05) is 67.4 Å². The van der Waals surface area contributed by atoms with Crippen molar-refractivity contribution in [2.75, 3.05) is 0 Å². The zero-order valence-corrected chi connectivity index (χ0v) is 16.8. The van der Waals surface area contributed by atoms with Gasteiger partial charge in [0.25, 0.3) is 0 Å². The van der Waals surface area contributed by atoms with E-state index < -0.39 is 0 Å². The molecule has 0 aliphatic rings. The van der Waals surface area contributed by atoms with E-state index in [1.54, 1.807) is 0 Å². The minimum absolute atomic E-state index is 0.106. The van der Waals surface area contributed by atoms with Crippen LogP contribution in [-0.4, -0.2) is 15.8 Å². The first-order valence-electron chi connectivity index (χ1n) is 9.53. The molecule has 1 heterocycles. The molecule has 0 saturated heterocycles. The number of ketones is 1. The van der Waals surface area contributed by atoms with Gasteiger partial charge in [-0.25, -0.2) is 9.97 Å². The minimum Gasteiger partial charge on any atom is -0.295 e. The first kappa shape index (κ1) is 24.7. The van der Waals surface area contributed by atoms with Crippen LogP contribution in [0.1, 0.15) is 85.2 Å². The smallest absolute Gasteiger partial charge is 0.154 e. The zero-order valence-electron chi connectivity index (χ0n) is 16.8. The highest BCUT2D eigenvalue weighted by molar-refractivity contribution is 5.88. The lowest BCUT2D eigenvalue weighted by molar-refractivity contribution is -0.114. The van der Waals surface area contributed by atoms with Crippen molar-refractivity contribution < 1.29 is 4.79 Å². The molecule has 0 aliphatic carbocycles. The van der Waals surface area contributed by atoms with Gasteiger partial charge in [0.05, 0.1) is 0 Å². The lowest BCUT2D eigenvalue weighted by atomic mass is 10.0. The number of carbonyl (C=O) groups is 1. The van der Waals surface area contributed by atoms with Crippen LogP contribution in [0.25, 0.3) is 0 Å². The van der Waals surface area contributed by atoms with Crippen molar-refractivity contribution in [3.8, 4) is 0 Å². The second-order valence-electron chi connectivity index (χ2n) is 5.67. The molecule has 0 aliphatic heterocycles. The van der Waals surface area contributed by atoms with Crippen molar-refractivity contribution in [1.82, 2.24) is 9.97 Å². The number of rotatable bonds is 9. The molecular formula is C21H38N2O. The third-order valence-corrected chi connectivity index (χ3v) is 3.49. The molecule has 3 heteroatoms. The van der Waals surface area contributed by atoms with Crippen molar-refractivity contribution in [3.05, 3.63) is 36.4 Å². The first-order valence-corrected chi connectivity index (χ1v) is 9.53. The SMILES string of the molecule is C=CC(=O)CC.CC.CCCc1ccnc(CCC(C)CCC)n1. The molecule has 1 aromatic heterocycles. The topological polar surface area (TPSA) is 42.9 Å². The molecule has 0 saturated carbocycles. The summed E-state index contributed by atoms with van der Waals surface area (Å²) in [7, 11) is 0. The van der Waals surface area contributed by atoms with Gasteiger partial charge in [0.15, 0.2) is 5.78 Å². The van der Waals surface area contributed by atoms with Crippen molar-refractivity contribution in [3.63, 3.8) is 0 Å². The van der Waals surface area contributed by atoms with Crippen molar-refractivity contribution in [2.24, 2.45) is 5.92 Å². The largest absolute Gasteiger partial charge is 0.295 e. The molecule has 0 spiro atoms. The van der Waals surface area contributed by atoms with Gasteiger partial charge in [-0.15, -0.1) is 0 Å². The molecule has 1 unspecified atom stereocenters. The van der Waals surface area contributed by atoms with Crippen LogP contribution >= 0.6 is 0 Å². The van der Waals surface area contributed by atoms with Crippen LogP contribution in [-0.2, 0) is 17.6 Å². The molecule has 0 radical (unpaired) electrons. The highest BCUT2D eigenvalue weighted by Crippen LogP contribution is 2.12. The maximum absolute atomic E-state index is 10.1. The summed E-state index contributed by atoms with van der Waals surface area (Å²) in [5, 5.41) is 0. The second-order valence-corrected chi connectivity index (χ2v) is 5.67. The number of nitrogens with zero attached hydrogens (tertiary/aromatic N) is 2. The number of aryl methyl sites for hydroxylation is 2. The average Bonchev–Trinajstić information content (AvgIpc) is 2.62. The Morgan fingerprint density at radius 1 is 1.17 bits per heavy atom. The molecular weight excluding hydrogens is 296 g/mol. The Balaban J connectivity index is 0. The molecule has 1 aromatic rings. The summed E-state index contributed by atoms with van der Waals surface area (Å²) in [6, 6.07) is 2.03. The first-order chi connectivity index (χ1) is 11.6. The lowest BCUT2D eigenvalue weighted by Gasteiger charge is -2.09. The minimum atomic E-state index is 0.106. The fourth-order valence-corrected chi connectivity index (χ4v) is 2.11. The van der Waals surface area contributed by atoms with Gasteiger partial charge >= 0.3 is 0 Å². The van der Waals surface area contributed by atoms with Crippen LogP contribution in [0.2, 0.25) is 0 Å². The van der Waals surface area contributed by atoms with E-state index in [0.717, 1.165) is 31.0 Å². The van der Waals surface area contributed by atoms with Crippen LogP contribution in [0.4, 0.5) is 0 Å². The molecule has 0 amide bonds. The van der Waals surface area contributed by atoms with Gasteiger partial charge in [0.1, 0.15) is 5.82 Å². The number of aromatic nitrogens is 2. The Hall–Kier alpha value is -1.51. The Kier molecular flexibility index (Phi) is 18.4. The third kappa shape index (κ3) is 14.1. The van der Waals surface area contributed by atoms with Crippen LogP contribution in [0, 0.1) is 5.92 Å². The molecule has 0 aromatic carbocycles. The highest BCUT2D eigenvalue weighted by Gasteiger charge is 2.04. The maximum Gasteiger partial charge on any atom is 0.154 e. The van der Waals surface area contributed by atoms with Crippen LogP contribution in [0.5, 0.6) is 0 Å². The summed E-state index contributed by atoms with van der Waals surface area (Å²) in [5.74, 6) is 1.92. The second kappa shape index (κ2) is 17.8. The van der Waals surface area contributed by atoms with Crippen LogP contribution in [0.15, 0.2) is 24.9 Å². The standard InChI is InChI=1S/C14H24N2.C5H8O.C2H6/c1-4-6-12(3)8-9-14-15-11-10-13(16-14)7-5-2;1-3-5(6)4-2;1-2/h10-12H,4-9H2,1-3H3;3H,1,4H2,2H3;1-2H3. The summed E-state index contributed by atoms with van der Waals surface area (Å²) >= 11 is 0. The van der Waals surface area contributed by atoms with Crippen LogP contribution < -0.4 is 0 Å². The van der Waals surface area contributed by atoms with Crippen molar-refractivity contribution >= 4 is 5.78 Å². The molecule has 0 bridgehead atoms. The van der Waals surface area contributed by atoms with Gasteiger partial charge in [0, 0.05) is 24.7 Å². The van der Waals surface area contributed by atoms with Gasteiger partial charge in [-0.3, -0.25) is 4.79 Å². The quantitative estimate of drug-likeness (QED) is 0.522. The fourth-order valence-electron chi connectivity index (χ4n) is 2.11. The molecule has 24 heavy (non-hydrogen) atoms.